The molecule has 0 aromatic rings. The van der Waals surface area contributed by atoms with Crippen LogP contribution in [0, 0.1) is 0 Å². The van der Waals surface area contributed by atoms with Gasteiger partial charge in [-0.05, 0) is 77.0 Å². The number of allylic oxidation sites excluding steroid dienone is 15. The number of phosphoric acid groups is 1. The smallest absolute Gasteiger partial charge is 0.387 e. The van der Waals surface area contributed by atoms with E-state index in [0.29, 0.717) is 17.4 Å². The van der Waals surface area contributed by atoms with Crippen LogP contribution < -0.4 is 5.32 Å². The van der Waals surface area contributed by atoms with Crippen molar-refractivity contribution in [2.75, 3.05) is 40.9 Å². The molecule has 0 heterocycles. The van der Waals surface area contributed by atoms with E-state index < -0.39 is 20.0 Å². The van der Waals surface area contributed by atoms with Gasteiger partial charge in [-0.2, -0.15) is 0 Å². The lowest BCUT2D eigenvalue weighted by atomic mass is 10.0. The van der Waals surface area contributed by atoms with E-state index in [0.717, 1.165) is 103 Å². The summed E-state index contributed by atoms with van der Waals surface area (Å²) in [6.07, 6.45) is 89.8. The summed E-state index contributed by atoms with van der Waals surface area (Å²) in [5.74, 6) is -0.196. The molecule has 0 aliphatic carbocycles. The summed E-state index contributed by atoms with van der Waals surface area (Å²) in [5.41, 5.74) is 0. The van der Waals surface area contributed by atoms with Crippen molar-refractivity contribution in [1.82, 2.24) is 5.32 Å². The number of likely N-dealkylation sites (N-methyl/N-ethyl adjacent to an activating group) is 1. The van der Waals surface area contributed by atoms with Crippen molar-refractivity contribution in [3.63, 3.8) is 0 Å². The molecular formula is C72H132N2O6P+. The number of carbonyl (C=O) groups is 1. The highest BCUT2D eigenvalue weighted by Crippen LogP contribution is 2.43. The van der Waals surface area contributed by atoms with Crippen molar-refractivity contribution >= 4 is 13.7 Å². The minimum absolute atomic E-state index is 0.0526. The summed E-state index contributed by atoms with van der Waals surface area (Å²) in [4.78, 5) is 23.4. The summed E-state index contributed by atoms with van der Waals surface area (Å²) >= 11 is 0. The first-order chi connectivity index (χ1) is 39.5. The maximum atomic E-state index is 13.0. The van der Waals surface area contributed by atoms with E-state index in [4.69, 9.17) is 9.05 Å². The van der Waals surface area contributed by atoms with Gasteiger partial charge in [0.15, 0.2) is 0 Å². The maximum Gasteiger partial charge on any atom is 0.472 e. The molecule has 1 amide bonds. The Labute approximate surface area is 502 Å². The zero-order valence-electron chi connectivity index (χ0n) is 53.8. The molecule has 0 spiro atoms. The highest BCUT2D eigenvalue weighted by Gasteiger charge is 2.28. The molecule has 0 aliphatic rings. The number of amides is 1. The van der Waals surface area contributed by atoms with Gasteiger partial charge in [-0.1, -0.05) is 317 Å². The standard InChI is InChI=1S/C72H131N2O6P/c1-6-8-10-12-14-16-18-20-22-24-26-28-30-32-34-35-36-37-38-40-41-43-45-47-49-51-53-55-57-59-61-63-65-71(75)70(69-80-81(77,78)79-68-67-74(3,4)5)73-72(76)66-64-62-60-58-56-54-52-50-48-46-44-42-39-33-31-29-27-25-23-21-19-17-15-13-11-9-7-2/h9,11,15,17,21,23,27,29,33,39,44,46,50,52,63,65,70-71,75H,6-8,10,12-14,16,18-20,22,24-26,28,30-32,34-38,40-43,45,47-49,51,53-62,64,66-69H2,1-5H3,(H-,73,76,77,78)/p+1/b11-9-,17-15-,23-21-,29-27-,39-33-,46-44-,52-50-,65-63+. The topological polar surface area (TPSA) is 105 Å². The number of aliphatic hydroxyl groups is 1. The number of quaternary nitrogens is 1. The van der Waals surface area contributed by atoms with Gasteiger partial charge in [0.05, 0.1) is 39.9 Å². The average molecular weight is 1150 g/mol. The fourth-order valence-electron chi connectivity index (χ4n) is 9.79. The maximum absolute atomic E-state index is 13.0. The van der Waals surface area contributed by atoms with Gasteiger partial charge in [0, 0.05) is 6.42 Å². The van der Waals surface area contributed by atoms with Crippen LogP contribution in [0.25, 0.3) is 0 Å². The molecule has 0 saturated carbocycles. The van der Waals surface area contributed by atoms with Crippen LogP contribution in [0.15, 0.2) is 97.2 Å². The highest BCUT2D eigenvalue weighted by molar-refractivity contribution is 7.47. The van der Waals surface area contributed by atoms with Gasteiger partial charge in [0.1, 0.15) is 13.2 Å². The number of nitrogens with zero attached hydrogens (tertiary/aromatic N) is 1. The second-order valence-electron chi connectivity index (χ2n) is 24.2. The van der Waals surface area contributed by atoms with Crippen LogP contribution in [0.5, 0.6) is 0 Å². The third-order valence-corrected chi connectivity index (χ3v) is 16.0. The quantitative estimate of drug-likeness (QED) is 0.0243. The third kappa shape index (κ3) is 64.8. The van der Waals surface area contributed by atoms with Crippen molar-refractivity contribution in [1.29, 1.82) is 0 Å². The van der Waals surface area contributed by atoms with Crippen LogP contribution in [0.1, 0.15) is 303 Å². The van der Waals surface area contributed by atoms with Crippen LogP contribution in [0.3, 0.4) is 0 Å². The Bertz CT molecular complexity index is 1640. The monoisotopic (exact) mass is 1150 g/mol. The molecule has 0 radical (unpaired) electrons. The number of hydrogen-bond acceptors (Lipinski definition) is 5. The number of aliphatic hydroxyl groups excluding tert-OH is 1. The van der Waals surface area contributed by atoms with Crippen LogP contribution in [-0.2, 0) is 18.4 Å². The van der Waals surface area contributed by atoms with Gasteiger partial charge in [-0.25, -0.2) is 4.57 Å². The van der Waals surface area contributed by atoms with Crippen LogP contribution >= 0.6 is 7.82 Å². The first kappa shape index (κ1) is 78.4. The molecule has 0 fully saturated rings. The van der Waals surface area contributed by atoms with Crippen molar-refractivity contribution in [2.45, 2.75) is 315 Å². The van der Waals surface area contributed by atoms with Gasteiger partial charge >= 0.3 is 7.82 Å². The van der Waals surface area contributed by atoms with Crippen molar-refractivity contribution in [3.8, 4) is 0 Å². The molecule has 0 aliphatic heterocycles. The summed E-state index contributed by atoms with van der Waals surface area (Å²) in [6.45, 7) is 4.71. The van der Waals surface area contributed by atoms with E-state index in [1.54, 1.807) is 6.08 Å². The second kappa shape index (κ2) is 62.0. The van der Waals surface area contributed by atoms with Crippen molar-refractivity contribution in [2.24, 2.45) is 0 Å². The van der Waals surface area contributed by atoms with E-state index in [2.05, 4.69) is 104 Å². The molecule has 3 N–H and O–H groups in total. The normalized spacial score (nSPS) is 14.3. The number of rotatable bonds is 62. The van der Waals surface area contributed by atoms with E-state index in [1.807, 2.05) is 27.2 Å². The Morgan fingerprint density at radius 1 is 0.432 bits per heavy atom. The Morgan fingerprint density at radius 2 is 0.741 bits per heavy atom. The number of nitrogens with one attached hydrogen (secondary N) is 1. The minimum Gasteiger partial charge on any atom is -0.387 e. The summed E-state index contributed by atoms with van der Waals surface area (Å²) in [5, 5.41) is 14.0. The Balaban J connectivity index is 4.15. The molecule has 0 saturated heterocycles. The predicted octanol–water partition coefficient (Wildman–Crippen LogP) is 21.7. The predicted molar refractivity (Wildman–Crippen MR) is 355 cm³/mol. The number of phosphoric ester groups is 1. The van der Waals surface area contributed by atoms with Crippen molar-refractivity contribution in [3.05, 3.63) is 97.2 Å². The molecule has 0 aromatic carbocycles. The summed E-state index contributed by atoms with van der Waals surface area (Å²) < 4.78 is 23.8. The third-order valence-electron chi connectivity index (χ3n) is 15.1. The number of hydrogen-bond donors (Lipinski definition) is 3. The largest absolute Gasteiger partial charge is 0.472 e. The van der Waals surface area contributed by atoms with E-state index >= 15 is 0 Å². The highest BCUT2D eigenvalue weighted by atomic mass is 31.2. The molecule has 0 aromatic heterocycles. The first-order valence-corrected chi connectivity index (χ1v) is 35.6. The number of carbonyl (C=O) groups excluding carboxylic acids is 1. The number of unbranched alkanes of at least 4 members (excludes halogenated alkanes) is 35. The molecule has 470 valence electrons. The molecule has 0 bridgehead atoms. The molecule has 3 atom stereocenters. The Morgan fingerprint density at radius 3 is 1.09 bits per heavy atom. The van der Waals surface area contributed by atoms with Gasteiger partial charge < -0.3 is 19.8 Å². The van der Waals surface area contributed by atoms with Crippen LogP contribution in [-0.4, -0.2) is 73.4 Å². The fourth-order valence-corrected chi connectivity index (χ4v) is 10.5. The lowest BCUT2D eigenvalue weighted by Gasteiger charge is -2.25. The summed E-state index contributed by atoms with van der Waals surface area (Å²) in [6, 6.07) is -0.866. The SMILES string of the molecule is CC/C=C\C/C=C\C/C=C\C/C=C\C/C=C\C/C=C\C/C=C\CCCCCCCC(=O)NC(COP(=O)(O)OCC[N+](C)(C)C)C(O)/C=C/CCCCCCCCCCCCCCCCCCCCCCCCCCCCCCCC. The minimum atomic E-state index is -4.37. The van der Waals surface area contributed by atoms with Gasteiger partial charge in [0.25, 0.3) is 0 Å². The van der Waals surface area contributed by atoms with Crippen LogP contribution in [0.2, 0.25) is 0 Å². The van der Waals surface area contributed by atoms with Gasteiger partial charge in [0.2, 0.25) is 5.91 Å². The molecule has 81 heavy (non-hydrogen) atoms. The Kier molecular flexibility index (Phi) is 60.0. The van der Waals surface area contributed by atoms with Gasteiger partial charge in [-0.3, -0.25) is 13.8 Å². The average Bonchev–Trinajstić information content (AvgIpc) is 3.43. The molecule has 3 unspecified atom stereocenters. The van der Waals surface area contributed by atoms with Crippen LogP contribution in [0.4, 0.5) is 0 Å². The fraction of sp³-hybridized carbons (Fsp3) is 0.764. The zero-order chi connectivity index (χ0) is 59.1. The van der Waals surface area contributed by atoms with E-state index in [9.17, 15) is 19.4 Å². The van der Waals surface area contributed by atoms with Gasteiger partial charge in [-0.15, -0.1) is 0 Å². The van der Waals surface area contributed by atoms with E-state index in [1.165, 1.54) is 180 Å². The molecule has 8 nitrogen and oxygen atoms in total. The van der Waals surface area contributed by atoms with E-state index in [-0.39, 0.29) is 19.1 Å². The lowest BCUT2D eigenvalue weighted by Crippen LogP contribution is -2.45. The second-order valence-corrected chi connectivity index (χ2v) is 25.6. The molecule has 0 rings (SSSR count). The molecule has 9 heteroatoms. The summed E-state index contributed by atoms with van der Waals surface area (Å²) in [7, 11) is 1.55. The zero-order valence-corrected chi connectivity index (χ0v) is 54.6. The first-order valence-electron chi connectivity index (χ1n) is 34.1. The van der Waals surface area contributed by atoms with Crippen molar-refractivity contribution < 1.29 is 32.9 Å². The Hall–Kier alpha value is -2.58. The lowest BCUT2D eigenvalue weighted by molar-refractivity contribution is -0.870. The molecular weight excluding hydrogens is 1020 g/mol.